The normalized spacial score (nSPS) is 14.0. The molecule has 1 heterocycles. The lowest BCUT2D eigenvalue weighted by Gasteiger charge is -2.29. The summed E-state index contributed by atoms with van der Waals surface area (Å²) in [4.78, 5) is 27.9. The largest absolute Gasteiger partial charge is 0.493 e. The molecule has 9 heteroatoms. The van der Waals surface area contributed by atoms with Crippen LogP contribution in [0.1, 0.15) is 11.1 Å². The molecule has 4 aromatic rings. The van der Waals surface area contributed by atoms with Crippen LogP contribution in [0.25, 0.3) is 6.08 Å². The van der Waals surface area contributed by atoms with E-state index in [2.05, 4.69) is 5.32 Å². The van der Waals surface area contributed by atoms with Gasteiger partial charge in [-0.15, -0.1) is 0 Å². The molecule has 0 bridgehead atoms. The van der Waals surface area contributed by atoms with Crippen LogP contribution in [0.15, 0.2) is 103 Å². The molecular formula is C32H26N2O6S. The maximum atomic E-state index is 13.7. The van der Waals surface area contributed by atoms with Gasteiger partial charge in [0.05, 0.1) is 19.9 Å². The molecule has 0 aromatic heterocycles. The van der Waals surface area contributed by atoms with Crippen molar-refractivity contribution < 1.29 is 28.5 Å². The molecule has 0 radical (unpaired) electrons. The van der Waals surface area contributed by atoms with Crippen molar-refractivity contribution in [3.63, 3.8) is 0 Å². The maximum absolute atomic E-state index is 13.7. The minimum Gasteiger partial charge on any atom is -0.493 e. The summed E-state index contributed by atoms with van der Waals surface area (Å²) < 4.78 is 22.8. The number of amides is 2. The summed E-state index contributed by atoms with van der Waals surface area (Å²) in [6, 6.07) is 29.1. The van der Waals surface area contributed by atoms with Gasteiger partial charge in [-0.1, -0.05) is 48.5 Å². The molecule has 5 rings (SSSR count). The molecule has 1 aliphatic heterocycles. The number of ether oxygens (including phenoxy) is 4. The Morgan fingerprint density at radius 2 is 1.39 bits per heavy atom. The van der Waals surface area contributed by atoms with E-state index in [0.29, 0.717) is 40.0 Å². The highest BCUT2D eigenvalue weighted by molar-refractivity contribution is 7.80. The minimum absolute atomic E-state index is 0.0262. The molecule has 0 spiro atoms. The Kier molecular flexibility index (Phi) is 8.26. The average molecular weight is 567 g/mol. The number of thiocarbonyl (C=S) groups is 1. The second-order valence-electron chi connectivity index (χ2n) is 8.89. The minimum atomic E-state index is -0.621. The molecule has 1 saturated heterocycles. The number of nitrogens with zero attached hydrogens (tertiary/aromatic N) is 1. The predicted molar refractivity (Wildman–Crippen MR) is 159 cm³/mol. The molecule has 0 atom stereocenters. The fraction of sp³-hybridized carbons (Fsp3) is 0.0938. The van der Waals surface area contributed by atoms with Crippen molar-refractivity contribution >= 4 is 40.9 Å². The number of methoxy groups -OCH3 is 2. The molecule has 1 N–H and O–H groups in total. The summed E-state index contributed by atoms with van der Waals surface area (Å²) in [5.74, 6) is 1.32. The van der Waals surface area contributed by atoms with E-state index in [9.17, 15) is 9.59 Å². The number of nitrogens with one attached hydrogen (secondary N) is 1. The highest BCUT2D eigenvalue weighted by atomic mass is 32.1. The zero-order chi connectivity index (χ0) is 28.8. The molecule has 0 saturated carbocycles. The Morgan fingerprint density at radius 1 is 0.780 bits per heavy atom. The van der Waals surface area contributed by atoms with Crippen molar-refractivity contribution in [1.82, 2.24) is 5.32 Å². The predicted octanol–water partition coefficient (Wildman–Crippen LogP) is 5.91. The molecular weight excluding hydrogens is 540 g/mol. The maximum Gasteiger partial charge on any atom is 0.270 e. The van der Waals surface area contributed by atoms with Crippen molar-refractivity contribution in [3.05, 3.63) is 114 Å². The zero-order valence-electron chi connectivity index (χ0n) is 22.3. The van der Waals surface area contributed by atoms with Crippen LogP contribution in [0.4, 0.5) is 5.69 Å². The lowest BCUT2D eigenvalue weighted by atomic mass is 10.1. The summed E-state index contributed by atoms with van der Waals surface area (Å²) in [6.07, 6.45) is 1.46. The summed E-state index contributed by atoms with van der Waals surface area (Å²) in [7, 11) is 3.02. The van der Waals surface area contributed by atoms with Gasteiger partial charge in [0.1, 0.15) is 29.4 Å². The SMILES string of the molecule is COc1cc(/C=C2\C(=O)NC(=S)N(c3ccc(Oc4ccccc4)cc3)C2=O)c(OCc2ccccc2)cc1OC. The fourth-order valence-corrected chi connectivity index (χ4v) is 4.47. The fourth-order valence-electron chi connectivity index (χ4n) is 4.18. The highest BCUT2D eigenvalue weighted by Crippen LogP contribution is 2.37. The number of anilines is 1. The first-order chi connectivity index (χ1) is 20.0. The first-order valence-corrected chi connectivity index (χ1v) is 13.0. The van der Waals surface area contributed by atoms with Gasteiger partial charge >= 0.3 is 0 Å². The molecule has 2 amide bonds. The van der Waals surface area contributed by atoms with E-state index in [1.54, 1.807) is 36.4 Å². The van der Waals surface area contributed by atoms with Crippen molar-refractivity contribution in [2.75, 3.05) is 19.1 Å². The van der Waals surface area contributed by atoms with Gasteiger partial charge in [0.15, 0.2) is 16.6 Å². The van der Waals surface area contributed by atoms with Crippen LogP contribution < -0.4 is 29.2 Å². The number of carbonyl (C=O) groups excluding carboxylic acids is 2. The van der Waals surface area contributed by atoms with Gasteiger partial charge in [-0.25, -0.2) is 0 Å². The smallest absolute Gasteiger partial charge is 0.270 e. The van der Waals surface area contributed by atoms with Crippen molar-refractivity contribution in [1.29, 1.82) is 0 Å². The van der Waals surface area contributed by atoms with Crippen LogP contribution in [-0.4, -0.2) is 31.1 Å². The van der Waals surface area contributed by atoms with Crippen molar-refractivity contribution in [3.8, 4) is 28.7 Å². The summed E-state index contributed by atoms with van der Waals surface area (Å²) in [5, 5.41) is 2.59. The average Bonchev–Trinajstić information content (AvgIpc) is 3.00. The monoisotopic (exact) mass is 566 g/mol. The third-order valence-electron chi connectivity index (χ3n) is 6.23. The van der Waals surface area contributed by atoms with E-state index < -0.39 is 11.8 Å². The van der Waals surface area contributed by atoms with E-state index in [1.165, 1.54) is 25.2 Å². The number of hydrogen-bond donors (Lipinski definition) is 1. The van der Waals surface area contributed by atoms with Gasteiger partial charge < -0.3 is 18.9 Å². The van der Waals surface area contributed by atoms with Crippen LogP contribution in [-0.2, 0) is 16.2 Å². The highest BCUT2D eigenvalue weighted by Gasteiger charge is 2.35. The van der Waals surface area contributed by atoms with Crippen LogP contribution in [0, 0.1) is 0 Å². The van der Waals surface area contributed by atoms with Crippen LogP contribution in [0.3, 0.4) is 0 Å². The summed E-state index contributed by atoms with van der Waals surface area (Å²) in [6.45, 7) is 0.264. The lowest BCUT2D eigenvalue weighted by molar-refractivity contribution is -0.122. The molecule has 4 aromatic carbocycles. The van der Waals surface area contributed by atoms with Crippen LogP contribution in [0.2, 0.25) is 0 Å². The Hall–Kier alpha value is -5.15. The molecule has 8 nitrogen and oxygen atoms in total. The molecule has 206 valence electrons. The van der Waals surface area contributed by atoms with Gasteiger partial charge in [0, 0.05) is 11.6 Å². The summed E-state index contributed by atoms with van der Waals surface area (Å²) >= 11 is 5.37. The van der Waals surface area contributed by atoms with Crippen LogP contribution >= 0.6 is 12.2 Å². The third-order valence-corrected chi connectivity index (χ3v) is 6.51. The molecule has 1 fully saturated rings. The second-order valence-corrected chi connectivity index (χ2v) is 9.27. The van der Waals surface area contributed by atoms with E-state index >= 15 is 0 Å². The number of carbonyl (C=O) groups is 2. The zero-order valence-corrected chi connectivity index (χ0v) is 23.1. The van der Waals surface area contributed by atoms with Gasteiger partial charge in [0.2, 0.25) is 0 Å². The van der Waals surface area contributed by atoms with E-state index in [-0.39, 0.29) is 17.3 Å². The van der Waals surface area contributed by atoms with Gasteiger partial charge in [-0.2, -0.15) is 0 Å². The van der Waals surface area contributed by atoms with E-state index in [1.807, 2.05) is 60.7 Å². The summed E-state index contributed by atoms with van der Waals surface area (Å²) in [5.41, 5.74) is 1.75. The Balaban J connectivity index is 1.46. The number of rotatable bonds is 9. The number of benzene rings is 4. The lowest BCUT2D eigenvalue weighted by Crippen LogP contribution is -2.54. The topological polar surface area (TPSA) is 86.3 Å². The number of hydrogen-bond acceptors (Lipinski definition) is 7. The molecule has 0 unspecified atom stereocenters. The number of para-hydroxylation sites is 1. The van der Waals surface area contributed by atoms with Crippen LogP contribution in [0.5, 0.6) is 28.7 Å². The molecule has 0 aliphatic carbocycles. The Bertz CT molecular complexity index is 1610. The third kappa shape index (κ3) is 6.21. The first kappa shape index (κ1) is 27.4. The Morgan fingerprint density at radius 3 is 2.05 bits per heavy atom. The Labute approximate surface area is 242 Å². The first-order valence-electron chi connectivity index (χ1n) is 12.6. The second kappa shape index (κ2) is 12.4. The van der Waals surface area contributed by atoms with E-state index in [4.69, 9.17) is 31.2 Å². The quantitative estimate of drug-likeness (QED) is 0.153. The molecule has 1 aliphatic rings. The molecule has 41 heavy (non-hydrogen) atoms. The van der Waals surface area contributed by atoms with Crippen molar-refractivity contribution in [2.24, 2.45) is 0 Å². The van der Waals surface area contributed by atoms with Gasteiger partial charge in [-0.3, -0.25) is 19.8 Å². The standard InChI is InChI=1S/C32H26N2O6S/c1-37-28-18-22(27(19-29(28)38-2)39-20-21-9-5-3-6-10-21)17-26-30(35)33-32(41)34(31(26)36)23-13-15-25(16-14-23)40-24-11-7-4-8-12-24/h3-19H,20H2,1-2H3,(H,33,35,41)/b26-17+. The van der Waals surface area contributed by atoms with Gasteiger partial charge in [-0.05, 0) is 66.3 Å². The van der Waals surface area contributed by atoms with Gasteiger partial charge in [0.25, 0.3) is 11.8 Å². The van der Waals surface area contributed by atoms with Crippen molar-refractivity contribution in [2.45, 2.75) is 6.61 Å². The van der Waals surface area contributed by atoms with E-state index in [0.717, 1.165) is 5.56 Å².